The van der Waals surface area contributed by atoms with E-state index in [9.17, 15) is 0 Å². The molecule has 0 amide bonds. The van der Waals surface area contributed by atoms with Gasteiger partial charge in [0, 0.05) is 24.8 Å². The second-order valence-corrected chi connectivity index (χ2v) is 4.32. The first-order valence-corrected chi connectivity index (χ1v) is 5.98. The average molecular weight is 245 g/mol. The largest absolute Gasteiger partial charge is 0.497 e. The van der Waals surface area contributed by atoms with Gasteiger partial charge in [-0.05, 0) is 37.2 Å². The molecule has 0 aliphatic carbocycles. The number of ether oxygens (including phenoxy) is 1. The maximum atomic E-state index is 5.28. The summed E-state index contributed by atoms with van der Waals surface area (Å²) in [7, 11) is 5.59. The van der Waals surface area contributed by atoms with E-state index in [1.807, 2.05) is 31.0 Å². The lowest BCUT2D eigenvalue weighted by atomic mass is 10.00. The highest BCUT2D eigenvalue weighted by atomic mass is 16.5. The lowest BCUT2D eigenvalue weighted by Gasteiger charge is -2.11. The minimum atomic E-state index is 0.806. The summed E-state index contributed by atoms with van der Waals surface area (Å²) in [6.45, 7) is 2.89. The van der Waals surface area contributed by atoms with Crippen LogP contribution in [0.3, 0.4) is 0 Å². The van der Waals surface area contributed by atoms with Crippen molar-refractivity contribution in [3.8, 4) is 16.9 Å². The first-order chi connectivity index (χ1) is 8.67. The quantitative estimate of drug-likeness (QED) is 0.896. The van der Waals surface area contributed by atoms with E-state index in [1.165, 1.54) is 16.7 Å². The molecule has 0 unspecified atom stereocenters. The predicted octanol–water partition coefficient (Wildman–Crippen LogP) is 2.12. The van der Waals surface area contributed by atoms with Crippen LogP contribution in [0.5, 0.6) is 5.75 Å². The maximum absolute atomic E-state index is 5.28. The molecule has 0 aliphatic heterocycles. The highest BCUT2D eigenvalue weighted by molar-refractivity contribution is 5.70. The number of nitrogens with one attached hydrogen (secondary N) is 1. The minimum Gasteiger partial charge on any atom is -0.497 e. The van der Waals surface area contributed by atoms with Crippen molar-refractivity contribution in [2.45, 2.75) is 13.5 Å². The van der Waals surface area contributed by atoms with Gasteiger partial charge in [0.15, 0.2) is 0 Å². The van der Waals surface area contributed by atoms with E-state index in [4.69, 9.17) is 4.74 Å². The van der Waals surface area contributed by atoms with Gasteiger partial charge < -0.3 is 10.1 Å². The molecule has 1 aromatic heterocycles. The second kappa shape index (κ2) is 5.23. The third-order valence-electron chi connectivity index (χ3n) is 3.21. The third-order valence-corrected chi connectivity index (χ3v) is 3.21. The molecule has 0 atom stereocenters. The first kappa shape index (κ1) is 12.6. The molecule has 1 aromatic carbocycles. The fourth-order valence-corrected chi connectivity index (χ4v) is 2.06. The van der Waals surface area contributed by atoms with Gasteiger partial charge in [-0.1, -0.05) is 6.07 Å². The van der Waals surface area contributed by atoms with Crippen LogP contribution < -0.4 is 10.1 Å². The number of methoxy groups -OCH3 is 1. The lowest BCUT2D eigenvalue weighted by molar-refractivity contribution is 0.414. The first-order valence-electron chi connectivity index (χ1n) is 5.98. The number of aryl methyl sites for hydroxylation is 1. The number of hydrogen-bond acceptors (Lipinski definition) is 3. The number of aromatic nitrogens is 2. The van der Waals surface area contributed by atoms with Crippen LogP contribution in [0, 0.1) is 6.92 Å². The molecule has 4 heteroatoms. The zero-order valence-electron chi connectivity index (χ0n) is 11.3. The van der Waals surface area contributed by atoms with Crippen molar-refractivity contribution in [2.24, 2.45) is 7.05 Å². The molecular weight excluding hydrogens is 226 g/mol. The van der Waals surface area contributed by atoms with Crippen LogP contribution in [0.2, 0.25) is 0 Å². The zero-order valence-corrected chi connectivity index (χ0v) is 11.3. The van der Waals surface area contributed by atoms with Crippen molar-refractivity contribution < 1.29 is 4.74 Å². The normalized spacial score (nSPS) is 10.7. The van der Waals surface area contributed by atoms with E-state index in [2.05, 4.69) is 29.5 Å². The van der Waals surface area contributed by atoms with E-state index in [-0.39, 0.29) is 0 Å². The topological polar surface area (TPSA) is 39.1 Å². The molecule has 0 saturated heterocycles. The van der Waals surface area contributed by atoms with Gasteiger partial charge in [-0.3, -0.25) is 4.68 Å². The summed E-state index contributed by atoms with van der Waals surface area (Å²) in [6, 6.07) is 6.15. The van der Waals surface area contributed by atoms with Crippen LogP contribution in [0.25, 0.3) is 11.1 Å². The Morgan fingerprint density at radius 3 is 2.67 bits per heavy atom. The van der Waals surface area contributed by atoms with E-state index in [0.29, 0.717) is 0 Å². The summed E-state index contributed by atoms with van der Waals surface area (Å²) < 4.78 is 7.17. The van der Waals surface area contributed by atoms with E-state index in [1.54, 1.807) is 7.11 Å². The molecule has 4 nitrogen and oxygen atoms in total. The van der Waals surface area contributed by atoms with Gasteiger partial charge in [0.1, 0.15) is 5.75 Å². The Bertz CT molecular complexity index is 546. The molecular formula is C14H19N3O. The van der Waals surface area contributed by atoms with Gasteiger partial charge in [0.05, 0.1) is 13.3 Å². The summed E-state index contributed by atoms with van der Waals surface area (Å²) in [5, 5.41) is 7.49. The summed E-state index contributed by atoms with van der Waals surface area (Å²) in [5.74, 6) is 0.880. The van der Waals surface area contributed by atoms with Crippen LogP contribution in [-0.2, 0) is 13.6 Å². The van der Waals surface area contributed by atoms with Gasteiger partial charge in [0.2, 0.25) is 0 Å². The van der Waals surface area contributed by atoms with Crippen molar-refractivity contribution in [3.63, 3.8) is 0 Å². The fraction of sp³-hybridized carbons (Fsp3) is 0.357. The van der Waals surface area contributed by atoms with Crippen molar-refractivity contribution in [1.29, 1.82) is 0 Å². The summed E-state index contributed by atoms with van der Waals surface area (Å²) >= 11 is 0. The summed E-state index contributed by atoms with van der Waals surface area (Å²) in [5.41, 5.74) is 4.76. The van der Waals surface area contributed by atoms with Gasteiger partial charge in [-0.15, -0.1) is 0 Å². The predicted molar refractivity (Wildman–Crippen MR) is 72.7 cm³/mol. The molecule has 0 spiro atoms. The summed E-state index contributed by atoms with van der Waals surface area (Å²) in [6.07, 6.45) is 1.91. The number of rotatable bonds is 4. The molecule has 18 heavy (non-hydrogen) atoms. The van der Waals surface area contributed by atoms with Crippen LogP contribution in [0.15, 0.2) is 24.4 Å². The Hall–Kier alpha value is -1.81. The third kappa shape index (κ3) is 2.24. The zero-order chi connectivity index (χ0) is 13.1. The Labute approximate surface area is 108 Å². The molecule has 0 radical (unpaired) electrons. The number of hydrogen-bond donors (Lipinski definition) is 1. The van der Waals surface area contributed by atoms with Crippen LogP contribution >= 0.6 is 0 Å². The van der Waals surface area contributed by atoms with Crippen LogP contribution in [0.1, 0.15) is 11.3 Å². The molecule has 0 aliphatic rings. The maximum Gasteiger partial charge on any atom is 0.119 e. The van der Waals surface area contributed by atoms with Gasteiger partial charge in [-0.25, -0.2) is 0 Å². The highest BCUT2D eigenvalue weighted by Crippen LogP contribution is 2.29. The summed E-state index contributed by atoms with van der Waals surface area (Å²) in [4.78, 5) is 0. The highest BCUT2D eigenvalue weighted by Gasteiger charge is 2.11. The van der Waals surface area contributed by atoms with Crippen molar-refractivity contribution in [1.82, 2.24) is 15.1 Å². The molecule has 0 bridgehead atoms. The monoisotopic (exact) mass is 245 g/mol. The van der Waals surface area contributed by atoms with Crippen LogP contribution in [0.4, 0.5) is 0 Å². The van der Waals surface area contributed by atoms with Gasteiger partial charge in [-0.2, -0.15) is 5.10 Å². The minimum absolute atomic E-state index is 0.806. The number of benzene rings is 1. The fourth-order valence-electron chi connectivity index (χ4n) is 2.06. The Morgan fingerprint density at radius 1 is 1.33 bits per heavy atom. The SMILES string of the molecule is CNCc1cc(OC)ccc1-c1cnn(C)c1C. The lowest BCUT2D eigenvalue weighted by Crippen LogP contribution is -2.07. The van der Waals surface area contributed by atoms with E-state index >= 15 is 0 Å². The van der Waals surface area contributed by atoms with E-state index in [0.717, 1.165) is 18.0 Å². The molecule has 1 heterocycles. The van der Waals surface area contributed by atoms with Crippen molar-refractivity contribution in [3.05, 3.63) is 35.7 Å². The van der Waals surface area contributed by atoms with Gasteiger partial charge in [0.25, 0.3) is 0 Å². The Kier molecular flexibility index (Phi) is 3.67. The Balaban J connectivity index is 2.52. The molecule has 0 fully saturated rings. The molecule has 1 N–H and O–H groups in total. The van der Waals surface area contributed by atoms with Crippen molar-refractivity contribution in [2.75, 3.05) is 14.2 Å². The molecule has 2 aromatic rings. The van der Waals surface area contributed by atoms with E-state index < -0.39 is 0 Å². The smallest absolute Gasteiger partial charge is 0.119 e. The van der Waals surface area contributed by atoms with Crippen molar-refractivity contribution >= 4 is 0 Å². The van der Waals surface area contributed by atoms with Gasteiger partial charge >= 0.3 is 0 Å². The van der Waals surface area contributed by atoms with Crippen LogP contribution in [-0.4, -0.2) is 23.9 Å². The second-order valence-electron chi connectivity index (χ2n) is 4.32. The Morgan fingerprint density at radius 2 is 2.11 bits per heavy atom. The standard InChI is InChI=1S/C14H19N3O/c1-10-14(9-16-17(10)3)13-6-5-12(18-4)7-11(13)8-15-2/h5-7,9,15H,8H2,1-4H3. The number of nitrogens with zero attached hydrogens (tertiary/aromatic N) is 2. The molecule has 2 rings (SSSR count). The molecule has 96 valence electrons. The molecule has 0 saturated carbocycles. The average Bonchev–Trinajstić information content (AvgIpc) is 2.71.